The van der Waals surface area contributed by atoms with Crippen LogP contribution in [-0.4, -0.2) is 32.6 Å². The van der Waals surface area contributed by atoms with Crippen molar-refractivity contribution in [2.45, 2.75) is 13.8 Å². The molecule has 7 heteroatoms. The number of hydrogen-bond donors (Lipinski definition) is 4. The molecule has 12 heavy (non-hydrogen) atoms. The fraction of sp³-hybridized carbons (Fsp3) is 0.400. The second kappa shape index (κ2) is 7.54. The van der Waals surface area contributed by atoms with Crippen LogP contribution in [-0.2, 0) is 22.4 Å². The zero-order valence-corrected chi connectivity index (χ0v) is 8.23. The summed E-state index contributed by atoms with van der Waals surface area (Å²) in [5, 5.41) is 28.2. The molecular formula is C5H11AgBN2O3. The van der Waals surface area contributed by atoms with Gasteiger partial charge in [-0.3, -0.25) is 5.10 Å². The molecule has 5 nitrogen and oxygen atoms in total. The molecule has 0 amide bonds. The predicted molar refractivity (Wildman–Crippen MR) is 40.5 cm³/mol. The summed E-state index contributed by atoms with van der Waals surface area (Å²) < 4.78 is 0. The van der Waals surface area contributed by atoms with Gasteiger partial charge in [-0.1, -0.05) is 0 Å². The maximum Gasteiger partial charge on any atom is 0.631 e. The summed E-state index contributed by atoms with van der Waals surface area (Å²) in [4.78, 5) is 0. The fourth-order valence-electron chi connectivity index (χ4n) is 0.554. The average molecular weight is 266 g/mol. The van der Waals surface area contributed by atoms with Crippen LogP contribution in [0.3, 0.4) is 0 Å². The number of hydrogen-bond acceptors (Lipinski definition) is 4. The van der Waals surface area contributed by atoms with E-state index in [1.54, 1.807) is 0 Å². The minimum atomic E-state index is -2.17. The zero-order chi connectivity index (χ0) is 8.85. The molecule has 0 atom stereocenters. The average Bonchev–Trinajstić information content (AvgIpc) is 2.13. The van der Waals surface area contributed by atoms with Gasteiger partial charge in [0.15, 0.2) is 0 Å². The van der Waals surface area contributed by atoms with E-state index in [1.165, 1.54) is 0 Å². The minimum absolute atomic E-state index is 0. The van der Waals surface area contributed by atoms with E-state index in [1.807, 2.05) is 19.9 Å². The van der Waals surface area contributed by atoms with Gasteiger partial charge in [-0.15, -0.1) is 0 Å². The van der Waals surface area contributed by atoms with Crippen molar-refractivity contribution in [3.8, 4) is 0 Å². The van der Waals surface area contributed by atoms with Gasteiger partial charge in [-0.2, -0.15) is 5.10 Å². The van der Waals surface area contributed by atoms with Gasteiger partial charge in [0.05, 0.1) is 5.69 Å². The number of nitrogens with one attached hydrogen (secondary N) is 1. The molecule has 0 saturated carbocycles. The first-order chi connectivity index (χ1) is 5.02. The van der Waals surface area contributed by atoms with Gasteiger partial charge < -0.3 is 15.1 Å². The summed E-state index contributed by atoms with van der Waals surface area (Å²) in [7, 11) is -2.17. The summed E-state index contributed by atoms with van der Waals surface area (Å²) in [5.74, 6) is 0. The molecule has 0 unspecified atom stereocenters. The third-order valence-corrected chi connectivity index (χ3v) is 0.834. The molecule has 1 radical (unpaired) electrons. The number of nitrogens with zero attached hydrogens (tertiary/aromatic N) is 1. The van der Waals surface area contributed by atoms with Crippen molar-refractivity contribution < 1.29 is 37.5 Å². The Morgan fingerprint density at radius 1 is 1.33 bits per heavy atom. The van der Waals surface area contributed by atoms with Gasteiger partial charge >= 0.3 is 7.32 Å². The van der Waals surface area contributed by atoms with E-state index in [0.29, 0.717) is 0 Å². The standard InChI is InChI=1S/C5H8N2.Ag.BH3O3/c1-4-3-5(2)7-6-4;;2-1(3)4/h3H,1-2H3,(H,6,7);;2-4H. The van der Waals surface area contributed by atoms with Crippen LogP contribution in [0.2, 0.25) is 0 Å². The van der Waals surface area contributed by atoms with E-state index >= 15 is 0 Å². The van der Waals surface area contributed by atoms with E-state index in [0.717, 1.165) is 11.4 Å². The van der Waals surface area contributed by atoms with Crippen molar-refractivity contribution in [1.29, 1.82) is 0 Å². The summed E-state index contributed by atoms with van der Waals surface area (Å²) in [6, 6.07) is 2.00. The van der Waals surface area contributed by atoms with Crippen molar-refractivity contribution in [2.75, 3.05) is 0 Å². The summed E-state index contributed by atoms with van der Waals surface area (Å²) in [6.45, 7) is 3.95. The molecule has 1 rings (SSSR count). The SMILES string of the molecule is Cc1cc(C)[nH]n1.OB(O)O.[Ag]. The predicted octanol–water partition coefficient (Wildman–Crippen LogP) is -1.03. The number of aromatic nitrogens is 2. The van der Waals surface area contributed by atoms with Crippen molar-refractivity contribution in [3.63, 3.8) is 0 Å². The fourth-order valence-corrected chi connectivity index (χ4v) is 0.554. The van der Waals surface area contributed by atoms with E-state index in [2.05, 4.69) is 10.2 Å². The van der Waals surface area contributed by atoms with Gasteiger partial charge in [0.1, 0.15) is 0 Å². The quantitative estimate of drug-likeness (QED) is 0.452. The minimum Gasteiger partial charge on any atom is -0.402 e. The van der Waals surface area contributed by atoms with Crippen molar-refractivity contribution in [3.05, 3.63) is 17.5 Å². The maximum absolute atomic E-state index is 7.17. The molecule has 0 aliphatic carbocycles. The molecule has 0 aliphatic rings. The molecular weight excluding hydrogens is 255 g/mol. The Kier molecular flexibility index (Phi) is 9.06. The molecule has 0 aliphatic heterocycles. The number of H-pyrrole nitrogens is 1. The van der Waals surface area contributed by atoms with Crippen LogP contribution in [0.1, 0.15) is 11.4 Å². The van der Waals surface area contributed by atoms with Crippen LogP contribution in [0.25, 0.3) is 0 Å². The number of aryl methyl sites for hydroxylation is 2. The summed E-state index contributed by atoms with van der Waals surface area (Å²) >= 11 is 0. The Bertz CT molecular complexity index is 187. The Balaban J connectivity index is 0. The summed E-state index contributed by atoms with van der Waals surface area (Å²) in [5.41, 5.74) is 2.18. The molecule has 73 valence electrons. The second-order valence-electron chi connectivity index (χ2n) is 2.04. The first-order valence-electron chi connectivity index (χ1n) is 3.05. The monoisotopic (exact) mass is 265 g/mol. The second-order valence-corrected chi connectivity index (χ2v) is 2.04. The largest absolute Gasteiger partial charge is 0.631 e. The number of aromatic amines is 1. The van der Waals surface area contributed by atoms with E-state index in [-0.39, 0.29) is 22.4 Å². The number of rotatable bonds is 0. The van der Waals surface area contributed by atoms with Crippen LogP contribution >= 0.6 is 0 Å². The molecule has 0 saturated heterocycles. The molecule has 4 N–H and O–H groups in total. The third-order valence-electron chi connectivity index (χ3n) is 0.834. The third kappa shape index (κ3) is 9.90. The van der Waals surface area contributed by atoms with Crippen molar-refractivity contribution in [1.82, 2.24) is 10.2 Å². The maximum atomic E-state index is 7.17. The molecule has 0 spiro atoms. The molecule has 1 aromatic heterocycles. The zero-order valence-electron chi connectivity index (χ0n) is 6.75. The van der Waals surface area contributed by atoms with Gasteiger partial charge in [0, 0.05) is 28.1 Å². The van der Waals surface area contributed by atoms with Gasteiger partial charge in [0.2, 0.25) is 0 Å². The van der Waals surface area contributed by atoms with Crippen LogP contribution in [0.15, 0.2) is 6.07 Å². The van der Waals surface area contributed by atoms with Crippen molar-refractivity contribution in [2.24, 2.45) is 0 Å². The molecule has 1 heterocycles. The van der Waals surface area contributed by atoms with Crippen LogP contribution in [0, 0.1) is 13.8 Å². The Labute approximate surface area is 86.5 Å². The first kappa shape index (κ1) is 14.4. The van der Waals surface area contributed by atoms with E-state index in [4.69, 9.17) is 15.1 Å². The Hall–Kier alpha value is -0.105. The molecule has 0 aromatic carbocycles. The van der Waals surface area contributed by atoms with Crippen LogP contribution < -0.4 is 0 Å². The van der Waals surface area contributed by atoms with Gasteiger partial charge in [-0.25, -0.2) is 0 Å². The van der Waals surface area contributed by atoms with E-state index in [9.17, 15) is 0 Å². The topological polar surface area (TPSA) is 89.4 Å². The van der Waals surface area contributed by atoms with Crippen LogP contribution in [0.5, 0.6) is 0 Å². The van der Waals surface area contributed by atoms with Crippen molar-refractivity contribution >= 4 is 7.32 Å². The smallest absolute Gasteiger partial charge is 0.402 e. The van der Waals surface area contributed by atoms with E-state index < -0.39 is 7.32 Å². The molecule has 0 fully saturated rings. The van der Waals surface area contributed by atoms with Crippen LogP contribution in [0.4, 0.5) is 0 Å². The summed E-state index contributed by atoms with van der Waals surface area (Å²) in [6.07, 6.45) is 0. The first-order valence-corrected chi connectivity index (χ1v) is 3.05. The van der Waals surface area contributed by atoms with Gasteiger partial charge in [-0.05, 0) is 19.9 Å². The normalized spacial score (nSPS) is 7.75. The molecule has 1 aromatic rings. The van der Waals surface area contributed by atoms with Gasteiger partial charge in [0.25, 0.3) is 0 Å². The molecule has 0 bridgehead atoms. The Morgan fingerprint density at radius 3 is 1.83 bits per heavy atom. The Morgan fingerprint density at radius 2 is 1.75 bits per heavy atom.